The predicted molar refractivity (Wildman–Crippen MR) is 67.5 cm³/mol. The molecule has 0 aromatic heterocycles. The average Bonchev–Trinajstić information content (AvgIpc) is 2.35. The van der Waals surface area contributed by atoms with Crippen molar-refractivity contribution in [3.63, 3.8) is 0 Å². The van der Waals surface area contributed by atoms with Crippen LogP contribution < -0.4 is 0 Å². The lowest BCUT2D eigenvalue weighted by molar-refractivity contribution is -0.141. The number of alkyl halides is 3. The number of amides is 1. The van der Waals surface area contributed by atoms with E-state index >= 15 is 0 Å². The minimum atomic E-state index is -4.39. The number of hydrogen-bond donors (Lipinski definition) is 1. The van der Waals surface area contributed by atoms with E-state index in [0.717, 1.165) is 4.90 Å². The zero-order chi connectivity index (χ0) is 15.5. The molecule has 0 heterocycles. The fraction of sp³-hybridized carbons (Fsp3) is 0.333. The molecule has 0 aliphatic heterocycles. The number of thioether (sulfide) groups is 1. The van der Waals surface area contributed by atoms with Gasteiger partial charge in [0.1, 0.15) is 6.04 Å². The molecule has 1 atom stereocenters. The van der Waals surface area contributed by atoms with Gasteiger partial charge in [-0.1, -0.05) is 0 Å². The Morgan fingerprint density at radius 1 is 1.25 bits per heavy atom. The number of rotatable bonds is 4. The van der Waals surface area contributed by atoms with Crippen molar-refractivity contribution in [1.29, 1.82) is 0 Å². The lowest BCUT2D eigenvalue weighted by atomic mass is 10.2. The van der Waals surface area contributed by atoms with Gasteiger partial charge in [-0.15, -0.1) is 0 Å². The van der Waals surface area contributed by atoms with Gasteiger partial charge in [-0.2, -0.15) is 13.2 Å². The van der Waals surface area contributed by atoms with E-state index in [1.54, 1.807) is 0 Å². The van der Waals surface area contributed by atoms with Gasteiger partial charge in [0, 0.05) is 17.5 Å². The normalized spacial score (nSPS) is 12.8. The van der Waals surface area contributed by atoms with E-state index in [-0.39, 0.29) is 22.2 Å². The zero-order valence-electron chi connectivity index (χ0n) is 10.6. The van der Waals surface area contributed by atoms with Crippen LogP contribution in [0.1, 0.15) is 17.3 Å². The zero-order valence-corrected chi connectivity index (χ0v) is 11.5. The molecule has 0 fully saturated rings. The van der Waals surface area contributed by atoms with Crippen LogP contribution in [-0.4, -0.2) is 40.5 Å². The highest BCUT2D eigenvalue weighted by molar-refractivity contribution is 8.00. The van der Waals surface area contributed by atoms with Gasteiger partial charge in [0.15, 0.2) is 0 Å². The summed E-state index contributed by atoms with van der Waals surface area (Å²) in [7, 11) is 1.32. The maximum absolute atomic E-state index is 12.1. The average molecular weight is 307 g/mol. The molecule has 1 amide bonds. The third kappa shape index (κ3) is 4.44. The summed E-state index contributed by atoms with van der Waals surface area (Å²) >= 11 is -0.278. The van der Waals surface area contributed by atoms with Crippen LogP contribution in [0.3, 0.4) is 0 Å². The van der Waals surface area contributed by atoms with Gasteiger partial charge in [0.25, 0.3) is 5.91 Å². The molecule has 0 saturated carbocycles. The van der Waals surface area contributed by atoms with E-state index in [1.807, 2.05) is 0 Å². The maximum Gasteiger partial charge on any atom is 0.446 e. The number of benzene rings is 1. The van der Waals surface area contributed by atoms with E-state index in [4.69, 9.17) is 5.11 Å². The van der Waals surface area contributed by atoms with Crippen LogP contribution in [0.2, 0.25) is 0 Å². The quantitative estimate of drug-likeness (QED) is 0.869. The van der Waals surface area contributed by atoms with Crippen LogP contribution in [0, 0.1) is 0 Å². The summed E-state index contributed by atoms with van der Waals surface area (Å²) in [5.41, 5.74) is -4.26. The standard InChI is InChI=1S/C12H12F3NO3S/c1-7(11(18)19)16(2)10(17)8-3-5-9(6-4-8)20-12(13,14)15/h3-7H,1-2H3,(H,18,19). The number of halogens is 3. The second kappa shape index (κ2) is 6.17. The molecule has 20 heavy (non-hydrogen) atoms. The molecule has 8 heteroatoms. The Morgan fingerprint density at radius 3 is 2.15 bits per heavy atom. The van der Waals surface area contributed by atoms with Crippen molar-refractivity contribution in [3.8, 4) is 0 Å². The lowest BCUT2D eigenvalue weighted by Gasteiger charge is -2.21. The van der Waals surface area contributed by atoms with E-state index < -0.39 is 23.4 Å². The van der Waals surface area contributed by atoms with E-state index in [2.05, 4.69) is 0 Å². The molecule has 0 aliphatic carbocycles. The van der Waals surface area contributed by atoms with Crippen LogP contribution in [0.25, 0.3) is 0 Å². The minimum absolute atomic E-state index is 0.0389. The van der Waals surface area contributed by atoms with Gasteiger partial charge < -0.3 is 10.0 Å². The summed E-state index contributed by atoms with van der Waals surface area (Å²) in [5.74, 6) is -1.73. The van der Waals surface area contributed by atoms with E-state index in [9.17, 15) is 22.8 Å². The van der Waals surface area contributed by atoms with Gasteiger partial charge in [0.05, 0.1) is 0 Å². The number of aliphatic carboxylic acids is 1. The molecule has 0 spiro atoms. The molecular formula is C12H12F3NO3S. The van der Waals surface area contributed by atoms with Crippen LogP contribution in [0.15, 0.2) is 29.2 Å². The van der Waals surface area contributed by atoms with Gasteiger partial charge in [-0.05, 0) is 43.0 Å². The van der Waals surface area contributed by atoms with Gasteiger partial charge in [-0.3, -0.25) is 4.79 Å². The van der Waals surface area contributed by atoms with Crippen LogP contribution in [0.4, 0.5) is 13.2 Å². The number of likely N-dealkylation sites (N-methyl/N-ethyl adjacent to an activating group) is 1. The summed E-state index contributed by atoms with van der Waals surface area (Å²) in [6.45, 7) is 1.34. The number of carboxylic acids is 1. The first-order valence-corrected chi connectivity index (χ1v) is 6.29. The van der Waals surface area contributed by atoms with Crippen molar-refractivity contribution in [2.75, 3.05) is 7.05 Å². The number of carbonyl (C=O) groups is 2. The molecule has 1 aromatic carbocycles. The predicted octanol–water partition coefficient (Wildman–Crippen LogP) is 2.84. The van der Waals surface area contributed by atoms with Crippen molar-refractivity contribution >= 4 is 23.6 Å². The molecule has 0 aliphatic rings. The number of hydrogen-bond acceptors (Lipinski definition) is 3. The highest BCUT2D eigenvalue weighted by Crippen LogP contribution is 2.36. The summed E-state index contributed by atoms with van der Waals surface area (Å²) in [5, 5.41) is 8.80. The Morgan fingerprint density at radius 2 is 1.75 bits per heavy atom. The van der Waals surface area contributed by atoms with Crippen molar-refractivity contribution in [2.45, 2.75) is 23.4 Å². The molecule has 110 valence electrons. The van der Waals surface area contributed by atoms with Crippen LogP contribution in [0.5, 0.6) is 0 Å². The lowest BCUT2D eigenvalue weighted by Crippen LogP contribution is -2.40. The molecule has 1 unspecified atom stereocenters. The van der Waals surface area contributed by atoms with Gasteiger partial charge >= 0.3 is 11.5 Å². The molecule has 1 rings (SSSR count). The fourth-order valence-electron chi connectivity index (χ4n) is 1.34. The minimum Gasteiger partial charge on any atom is -0.480 e. The fourth-order valence-corrected chi connectivity index (χ4v) is 1.88. The first-order valence-electron chi connectivity index (χ1n) is 5.47. The Bertz CT molecular complexity index is 502. The smallest absolute Gasteiger partial charge is 0.446 e. The number of nitrogens with zero attached hydrogens (tertiary/aromatic N) is 1. The molecule has 4 nitrogen and oxygen atoms in total. The van der Waals surface area contributed by atoms with Crippen LogP contribution in [-0.2, 0) is 4.79 Å². The first-order chi connectivity index (χ1) is 9.11. The number of carboxylic acid groups (broad SMARTS) is 1. The molecule has 0 bridgehead atoms. The Labute approximate surface area is 117 Å². The molecule has 0 radical (unpaired) electrons. The van der Waals surface area contributed by atoms with Gasteiger partial charge in [-0.25, -0.2) is 4.79 Å². The summed E-state index contributed by atoms with van der Waals surface area (Å²) in [6.07, 6.45) is 0. The topological polar surface area (TPSA) is 57.6 Å². The van der Waals surface area contributed by atoms with E-state index in [1.165, 1.54) is 38.2 Å². The van der Waals surface area contributed by atoms with Crippen molar-refractivity contribution < 1.29 is 27.9 Å². The third-order valence-electron chi connectivity index (χ3n) is 2.59. The number of carbonyl (C=O) groups excluding carboxylic acids is 1. The van der Waals surface area contributed by atoms with E-state index in [0.29, 0.717) is 0 Å². The Balaban J connectivity index is 2.83. The van der Waals surface area contributed by atoms with Gasteiger partial charge in [0.2, 0.25) is 0 Å². The van der Waals surface area contributed by atoms with Crippen LogP contribution >= 0.6 is 11.8 Å². The molecule has 1 aromatic rings. The second-order valence-electron chi connectivity index (χ2n) is 4.00. The SMILES string of the molecule is CC(C(=O)O)N(C)C(=O)c1ccc(SC(F)(F)F)cc1. The summed E-state index contributed by atoms with van der Waals surface area (Å²) in [4.78, 5) is 23.7. The van der Waals surface area contributed by atoms with Crippen molar-refractivity contribution in [1.82, 2.24) is 4.90 Å². The highest BCUT2D eigenvalue weighted by Gasteiger charge is 2.29. The third-order valence-corrected chi connectivity index (χ3v) is 3.33. The summed E-state index contributed by atoms with van der Waals surface area (Å²) in [6, 6.07) is 3.80. The molecule has 1 N–H and O–H groups in total. The first kappa shape index (κ1) is 16.4. The summed E-state index contributed by atoms with van der Waals surface area (Å²) < 4.78 is 36.4. The maximum atomic E-state index is 12.1. The monoisotopic (exact) mass is 307 g/mol. The van der Waals surface area contributed by atoms with Crippen molar-refractivity contribution in [3.05, 3.63) is 29.8 Å². The van der Waals surface area contributed by atoms with Crippen molar-refractivity contribution in [2.24, 2.45) is 0 Å². The largest absolute Gasteiger partial charge is 0.480 e. The Hall–Kier alpha value is -1.70. The highest BCUT2D eigenvalue weighted by atomic mass is 32.2. The Kier molecular flexibility index (Phi) is 5.04. The second-order valence-corrected chi connectivity index (χ2v) is 5.14. The molecular weight excluding hydrogens is 295 g/mol. The molecule has 0 saturated heterocycles.